The van der Waals surface area contributed by atoms with Crippen LogP contribution >= 0.6 is 11.3 Å². The van der Waals surface area contributed by atoms with E-state index in [9.17, 15) is 14.4 Å². The second-order valence-corrected chi connectivity index (χ2v) is 10.0. The van der Waals surface area contributed by atoms with E-state index in [2.05, 4.69) is 18.8 Å². The minimum absolute atomic E-state index is 0.00148. The molecule has 0 aliphatic carbocycles. The SMILES string of the molecule is Cc1c(C(=O)N2CC(C)CC(C)C2)sc2ncn(CC(=O)N3CCCCC3)c(=O)c12. The Kier molecular flexibility index (Phi) is 5.95. The zero-order valence-electron chi connectivity index (χ0n) is 18.0. The molecule has 2 aromatic rings. The fourth-order valence-electron chi connectivity index (χ4n) is 4.84. The van der Waals surface area contributed by atoms with E-state index >= 15 is 0 Å². The molecule has 2 aliphatic heterocycles. The van der Waals surface area contributed by atoms with Gasteiger partial charge in [0.15, 0.2) is 0 Å². The molecule has 2 fully saturated rings. The predicted molar refractivity (Wildman–Crippen MR) is 118 cm³/mol. The van der Waals surface area contributed by atoms with E-state index in [0.29, 0.717) is 32.5 Å². The molecule has 0 radical (unpaired) electrons. The Morgan fingerprint density at radius 1 is 1.10 bits per heavy atom. The van der Waals surface area contributed by atoms with E-state index in [1.807, 2.05) is 16.7 Å². The number of thiophene rings is 1. The van der Waals surface area contributed by atoms with Crippen LogP contribution in [0.1, 0.15) is 54.8 Å². The third kappa shape index (κ3) is 4.02. The maximum absolute atomic E-state index is 13.2. The van der Waals surface area contributed by atoms with Crippen LogP contribution in [-0.4, -0.2) is 57.3 Å². The number of aryl methyl sites for hydroxylation is 1. The molecule has 0 N–H and O–H groups in total. The third-order valence-corrected chi connectivity index (χ3v) is 7.47. The first-order valence-corrected chi connectivity index (χ1v) is 11.7. The normalized spacial score (nSPS) is 22.5. The second kappa shape index (κ2) is 8.49. The van der Waals surface area contributed by atoms with Gasteiger partial charge in [-0.3, -0.25) is 19.0 Å². The molecule has 2 atom stereocenters. The molecule has 8 heteroatoms. The van der Waals surface area contributed by atoms with E-state index in [0.717, 1.165) is 51.9 Å². The summed E-state index contributed by atoms with van der Waals surface area (Å²) in [6.45, 7) is 9.18. The number of aromatic nitrogens is 2. The first-order chi connectivity index (χ1) is 14.3. The second-order valence-electron chi connectivity index (χ2n) is 9.01. The summed E-state index contributed by atoms with van der Waals surface area (Å²) in [5, 5.41) is 0.468. The van der Waals surface area contributed by atoms with Crippen molar-refractivity contribution in [1.82, 2.24) is 19.4 Å². The van der Waals surface area contributed by atoms with E-state index in [4.69, 9.17) is 0 Å². The van der Waals surface area contributed by atoms with Crippen LogP contribution in [0, 0.1) is 18.8 Å². The summed E-state index contributed by atoms with van der Waals surface area (Å²) in [4.78, 5) is 48.2. The highest BCUT2D eigenvalue weighted by Gasteiger charge is 2.29. The first kappa shape index (κ1) is 21.0. The highest BCUT2D eigenvalue weighted by atomic mass is 32.1. The maximum Gasteiger partial charge on any atom is 0.264 e. The van der Waals surface area contributed by atoms with Crippen LogP contribution in [0.5, 0.6) is 0 Å². The molecule has 0 bridgehead atoms. The van der Waals surface area contributed by atoms with Gasteiger partial charge in [-0.25, -0.2) is 4.98 Å². The maximum atomic E-state index is 13.2. The Bertz CT molecular complexity index is 1010. The number of hydrogen-bond acceptors (Lipinski definition) is 5. The quantitative estimate of drug-likeness (QED) is 0.750. The van der Waals surface area contributed by atoms with Gasteiger partial charge in [0, 0.05) is 26.2 Å². The summed E-state index contributed by atoms with van der Waals surface area (Å²) in [6, 6.07) is 0. The molecule has 0 spiro atoms. The van der Waals surface area contributed by atoms with Crippen molar-refractivity contribution in [1.29, 1.82) is 0 Å². The van der Waals surface area contributed by atoms with E-state index in [1.54, 1.807) is 0 Å². The molecule has 2 saturated heterocycles. The van der Waals surface area contributed by atoms with Gasteiger partial charge in [0.2, 0.25) is 5.91 Å². The van der Waals surface area contributed by atoms with Gasteiger partial charge in [-0.2, -0.15) is 0 Å². The number of rotatable bonds is 3. The largest absolute Gasteiger partial charge is 0.341 e. The van der Waals surface area contributed by atoms with Crippen molar-refractivity contribution >= 4 is 33.4 Å². The lowest BCUT2D eigenvalue weighted by Gasteiger charge is -2.34. The Hall–Kier alpha value is -2.22. The molecule has 2 amide bonds. The van der Waals surface area contributed by atoms with E-state index < -0.39 is 0 Å². The van der Waals surface area contributed by atoms with Crippen molar-refractivity contribution in [3.05, 3.63) is 27.1 Å². The number of amides is 2. The van der Waals surface area contributed by atoms with Crippen LogP contribution in [-0.2, 0) is 11.3 Å². The molecule has 2 aliphatic rings. The third-order valence-electron chi connectivity index (χ3n) is 6.28. The van der Waals surface area contributed by atoms with Crippen LogP contribution in [0.2, 0.25) is 0 Å². The number of likely N-dealkylation sites (tertiary alicyclic amines) is 2. The highest BCUT2D eigenvalue weighted by Crippen LogP contribution is 2.30. The molecule has 30 heavy (non-hydrogen) atoms. The molecule has 162 valence electrons. The van der Waals surface area contributed by atoms with Gasteiger partial charge in [0.05, 0.1) is 16.6 Å². The lowest BCUT2D eigenvalue weighted by Crippen LogP contribution is -2.42. The van der Waals surface area contributed by atoms with Gasteiger partial charge in [-0.05, 0) is 50.0 Å². The van der Waals surface area contributed by atoms with Gasteiger partial charge >= 0.3 is 0 Å². The van der Waals surface area contributed by atoms with Crippen LogP contribution in [0.25, 0.3) is 10.2 Å². The standard InChI is InChI=1S/C22H30N4O3S/c1-14-9-15(2)11-25(10-14)22(29)19-16(3)18-20(30-19)23-13-26(21(18)28)12-17(27)24-7-5-4-6-8-24/h13-15H,4-12H2,1-3H3. The topological polar surface area (TPSA) is 75.5 Å². The van der Waals surface area contributed by atoms with Crippen molar-refractivity contribution < 1.29 is 9.59 Å². The smallest absolute Gasteiger partial charge is 0.264 e. The highest BCUT2D eigenvalue weighted by molar-refractivity contribution is 7.20. The lowest BCUT2D eigenvalue weighted by molar-refractivity contribution is -0.132. The molecule has 4 heterocycles. The summed E-state index contributed by atoms with van der Waals surface area (Å²) in [6.07, 6.45) is 5.76. The van der Waals surface area contributed by atoms with Gasteiger partial charge < -0.3 is 9.80 Å². The molecule has 4 rings (SSSR count). The van der Waals surface area contributed by atoms with Crippen molar-refractivity contribution in [2.45, 2.75) is 53.0 Å². The average molecular weight is 431 g/mol. The Morgan fingerprint density at radius 3 is 2.43 bits per heavy atom. The zero-order chi connectivity index (χ0) is 21.4. The van der Waals surface area contributed by atoms with Crippen molar-refractivity contribution in [3.63, 3.8) is 0 Å². The van der Waals surface area contributed by atoms with Gasteiger partial charge in [-0.1, -0.05) is 13.8 Å². The molecule has 0 aromatic carbocycles. The number of nitrogens with zero attached hydrogens (tertiary/aromatic N) is 4. The Labute approximate surface area is 180 Å². The van der Waals surface area contributed by atoms with Crippen molar-refractivity contribution in [2.24, 2.45) is 11.8 Å². The minimum atomic E-state index is -0.237. The fraction of sp³-hybridized carbons (Fsp3) is 0.636. The van der Waals surface area contributed by atoms with Gasteiger partial charge in [0.25, 0.3) is 11.5 Å². The monoisotopic (exact) mass is 430 g/mol. The molecule has 7 nitrogen and oxygen atoms in total. The number of fused-ring (bicyclic) bond motifs is 1. The van der Waals surface area contributed by atoms with Crippen LogP contribution in [0.15, 0.2) is 11.1 Å². The summed E-state index contributed by atoms with van der Waals surface area (Å²) < 4.78 is 1.39. The van der Waals surface area contributed by atoms with Crippen LogP contribution in [0.3, 0.4) is 0 Å². The number of hydrogen-bond donors (Lipinski definition) is 0. The number of carbonyl (C=O) groups excluding carboxylic acids is 2. The van der Waals surface area contributed by atoms with E-state index in [-0.39, 0.29) is 23.9 Å². The van der Waals surface area contributed by atoms with Crippen molar-refractivity contribution in [2.75, 3.05) is 26.2 Å². The van der Waals surface area contributed by atoms with E-state index in [1.165, 1.54) is 22.2 Å². The summed E-state index contributed by atoms with van der Waals surface area (Å²) in [5.74, 6) is 0.898. The molecular formula is C22H30N4O3S. The molecule has 0 saturated carbocycles. The average Bonchev–Trinajstić information content (AvgIpc) is 3.06. The van der Waals surface area contributed by atoms with Crippen LogP contribution < -0.4 is 5.56 Å². The predicted octanol–water partition coefficient (Wildman–Crippen LogP) is 2.90. The number of carbonyl (C=O) groups is 2. The molecular weight excluding hydrogens is 400 g/mol. The summed E-state index contributed by atoms with van der Waals surface area (Å²) >= 11 is 1.29. The molecule has 2 aromatic heterocycles. The minimum Gasteiger partial charge on any atom is -0.341 e. The first-order valence-electron chi connectivity index (χ1n) is 10.9. The summed E-state index contributed by atoms with van der Waals surface area (Å²) in [5.41, 5.74) is 0.446. The Balaban J connectivity index is 1.61. The van der Waals surface area contributed by atoms with Crippen molar-refractivity contribution in [3.8, 4) is 0 Å². The zero-order valence-corrected chi connectivity index (χ0v) is 18.8. The van der Waals surface area contributed by atoms with Gasteiger partial charge in [0.1, 0.15) is 11.4 Å². The fourth-order valence-corrected chi connectivity index (χ4v) is 5.94. The number of piperidine rings is 2. The van der Waals surface area contributed by atoms with Crippen LogP contribution in [0.4, 0.5) is 0 Å². The summed E-state index contributed by atoms with van der Waals surface area (Å²) in [7, 11) is 0. The van der Waals surface area contributed by atoms with Gasteiger partial charge in [-0.15, -0.1) is 11.3 Å². The molecule has 2 unspecified atom stereocenters. The lowest BCUT2D eigenvalue weighted by atomic mass is 9.92. The Morgan fingerprint density at radius 2 is 1.77 bits per heavy atom.